The predicted molar refractivity (Wildman–Crippen MR) is 148 cm³/mol. The van der Waals surface area contributed by atoms with E-state index < -0.39 is 11.6 Å². The highest BCUT2D eigenvalue weighted by atomic mass is 35.5. The Morgan fingerprint density at radius 3 is 2.44 bits per heavy atom. The lowest BCUT2D eigenvalue weighted by Gasteiger charge is -2.36. The highest BCUT2D eigenvalue weighted by Gasteiger charge is 2.29. The van der Waals surface area contributed by atoms with Gasteiger partial charge in [-0.3, -0.25) is 4.79 Å². The number of benzene rings is 2. The number of fused-ring (bicyclic) bond motifs is 1. The van der Waals surface area contributed by atoms with Gasteiger partial charge in [0.05, 0.1) is 16.9 Å². The minimum Gasteiger partial charge on any atom is -0.365 e. The summed E-state index contributed by atoms with van der Waals surface area (Å²) in [6.07, 6.45) is 6.31. The number of hydrogen-bond acceptors (Lipinski definition) is 6. The molecule has 0 unspecified atom stereocenters. The minimum atomic E-state index is -0.658. The van der Waals surface area contributed by atoms with E-state index in [2.05, 4.69) is 15.2 Å². The van der Waals surface area contributed by atoms with Crippen LogP contribution >= 0.6 is 11.6 Å². The number of anilines is 2. The third kappa shape index (κ3) is 5.30. The number of piperidine rings is 1. The van der Waals surface area contributed by atoms with Crippen LogP contribution in [-0.2, 0) is 6.54 Å². The van der Waals surface area contributed by atoms with Gasteiger partial charge >= 0.3 is 0 Å². The van der Waals surface area contributed by atoms with Crippen molar-refractivity contribution in [1.82, 2.24) is 19.8 Å². The molecule has 3 aliphatic rings. The summed E-state index contributed by atoms with van der Waals surface area (Å²) in [5.41, 5.74) is 2.18. The van der Waals surface area contributed by atoms with Crippen molar-refractivity contribution in [3.05, 3.63) is 70.4 Å². The third-order valence-electron chi connectivity index (χ3n) is 8.05. The maximum Gasteiger partial charge on any atom is 0.253 e. The van der Waals surface area contributed by atoms with Crippen LogP contribution in [0.4, 0.5) is 20.4 Å². The zero-order valence-corrected chi connectivity index (χ0v) is 22.4. The van der Waals surface area contributed by atoms with Crippen molar-refractivity contribution in [2.24, 2.45) is 0 Å². The molecule has 1 aromatic heterocycles. The fourth-order valence-corrected chi connectivity index (χ4v) is 6.06. The lowest BCUT2D eigenvalue weighted by molar-refractivity contribution is 0.0644. The van der Waals surface area contributed by atoms with Crippen LogP contribution in [0.5, 0.6) is 0 Å². The van der Waals surface area contributed by atoms with Crippen molar-refractivity contribution in [2.75, 3.05) is 49.5 Å². The fraction of sp³-hybridized carbons (Fsp3) is 0.414. The van der Waals surface area contributed by atoms with E-state index >= 15 is 0 Å². The number of rotatable bonds is 5. The number of amides is 1. The summed E-state index contributed by atoms with van der Waals surface area (Å²) in [6.45, 7) is 5.13. The Morgan fingerprint density at radius 2 is 1.69 bits per heavy atom. The van der Waals surface area contributed by atoms with Crippen molar-refractivity contribution in [3.63, 3.8) is 0 Å². The molecule has 204 valence electrons. The normalized spacial score (nSPS) is 18.2. The van der Waals surface area contributed by atoms with Gasteiger partial charge in [-0.05, 0) is 63.0 Å². The van der Waals surface area contributed by atoms with E-state index in [9.17, 15) is 13.6 Å². The molecular formula is C29H31ClF2N6O. The van der Waals surface area contributed by atoms with E-state index in [0.717, 1.165) is 43.6 Å². The van der Waals surface area contributed by atoms with Gasteiger partial charge < -0.3 is 20.0 Å². The summed E-state index contributed by atoms with van der Waals surface area (Å²) in [6, 6.07) is 10.1. The maximum atomic E-state index is 14.5. The summed E-state index contributed by atoms with van der Waals surface area (Å²) in [4.78, 5) is 28.9. The van der Waals surface area contributed by atoms with Gasteiger partial charge in [0, 0.05) is 55.5 Å². The van der Waals surface area contributed by atoms with E-state index in [1.807, 2.05) is 34.1 Å². The van der Waals surface area contributed by atoms with Crippen LogP contribution in [0, 0.1) is 11.6 Å². The fourth-order valence-electron chi connectivity index (χ4n) is 5.84. The van der Waals surface area contributed by atoms with Gasteiger partial charge in [0.15, 0.2) is 11.6 Å². The third-order valence-corrected chi connectivity index (χ3v) is 8.46. The quantitative estimate of drug-likeness (QED) is 0.439. The Balaban J connectivity index is 1.16. The van der Waals surface area contributed by atoms with Gasteiger partial charge in [0.1, 0.15) is 11.6 Å². The smallest absolute Gasteiger partial charge is 0.253 e. The Kier molecular flexibility index (Phi) is 7.36. The molecule has 0 bridgehead atoms. The average Bonchev–Trinajstić information content (AvgIpc) is 3.52. The van der Waals surface area contributed by atoms with E-state index in [1.165, 1.54) is 25.9 Å². The Hall–Kier alpha value is -3.30. The number of halogens is 3. The van der Waals surface area contributed by atoms with Gasteiger partial charge in [-0.2, -0.15) is 0 Å². The zero-order chi connectivity index (χ0) is 26.9. The number of aromatic nitrogens is 2. The lowest BCUT2D eigenvalue weighted by Crippen LogP contribution is -2.45. The van der Waals surface area contributed by atoms with Crippen LogP contribution < -0.4 is 10.2 Å². The molecule has 0 radical (unpaired) electrons. The van der Waals surface area contributed by atoms with Crippen LogP contribution in [0.3, 0.4) is 0 Å². The van der Waals surface area contributed by atoms with Gasteiger partial charge in [-0.1, -0.05) is 23.7 Å². The first-order valence-electron chi connectivity index (χ1n) is 13.6. The second-order valence-electron chi connectivity index (χ2n) is 10.4. The summed E-state index contributed by atoms with van der Waals surface area (Å²) >= 11 is 6.08. The van der Waals surface area contributed by atoms with Gasteiger partial charge in [-0.25, -0.2) is 18.7 Å². The second-order valence-corrected chi connectivity index (χ2v) is 10.8. The first-order valence-corrected chi connectivity index (χ1v) is 14.0. The molecule has 4 heterocycles. The summed E-state index contributed by atoms with van der Waals surface area (Å²) in [5.74, 6) is -0.0520. The molecule has 39 heavy (non-hydrogen) atoms. The topological polar surface area (TPSA) is 64.6 Å². The average molecular weight is 553 g/mol. The van der Waals surface area contributed by atoms with E-state index in [1.54, 1.807) is 6.20 Å². The first-order chi connectivity index (χ1) is 19.0. The van der Waals surface area contributed by atoms with Crippen LogP contribution in [-0.4, -0.2) is 71.0 Å². The first kappa shape index (κ1) is 26.0. The summed E-state index contributed by atoms with van der Waals surface area (Å²) in [7, 11) is 0. The molecule has 2 fully saturated rings. The second kappa shape index (κ2) is 11.1. The molecule has 6 rings (SSSR count). The van der Waals surface area contributed by atoms with Crippen LogP contribution in [0.25, 0.3) is 11.3 Å². The van der Waals surface area contributed by atoms with Crippen LogP contribution in [0.15, 0.2) is 42.6 Å². The SMILES string of the molecule is O=C(c1ccc(-c2cnc3c(n2)N(Cc2c(F)ccc(F)c2Cl)CCN3)cc1)N1CCC(N2CCCC2)CC1. The Bertz CT molecular complexity index is 1360. The van der Waals surface area contributed by atoms with Crippen LogP contribution in [0.1, 0.15) is 41.6 Å². The molecule has 1 amide bonds. The molecule has 3 aliphatic heterocycles. The molecule has 1 N–H and O–H groups in total. The molecular weight excluding hydrogens is 522 g/mol. The molecule has 2 saturated heterocycles. The molecule has 3 aromatic rings. The van der Waals surface area contributed by atoms with Gasteiger partial charge in [0.2, 0.25) is 0 Å². The zero-order valence-electron chi connectivity index (χ0n) is 21.7. The molecule has 0 saturated carbocycles. The highest BCUT2D eigenvalue weighted by Crippen LogP contribution is 2.32. The number of carbonyl (C=O) groups excluding carboxylic acids is 1. The monoisotopic (exact) mass is 552 g/mol. The largest absolute Gasteiger partial charge is 0.365 e. The lowest BCUT2D eigenvalue weighted by atomic mass is 10.0. The van der Waals surface area contributed by atoms with Gasteiger partial charge in [0.25, 0.3) is 5.91 Å². The molecule has 7 nitrogen and oxygen atoms in total. The van der Waals surface area contributed by atoms with Gasteiger partial charge in [-0.15, -0.1) is 0 Å². The molecule has 0 spiro atoms. The number of nitrogens with zero attached hydrogens (tertiary/aromatic N) is 5. The van der Waals surface area contributed by atoms with Crippen molar-refractivity contribution in [3.8, 4) is 11.3 Å². The Labute approximate surface area is 231 Å². The molecule has 2 aromatic carbocycles. The van der Waals surface area contributed by atoms with E-state index in [0.29, 0.717) is 42.0 Å². The summed E-state index contributed by atoms with van der Waals surface area (Å²) < 4.78 is 28.5. The number of carbonyl (C=O) groups is 1. The number of nitrogens with one attached hydrogen (secondary N) is 1. The standard InChI is InChI=1S/C29H31ClF2N6O/c30-26-22(23(31)7-8-24(26)32)18-38-16-11-33-27-28(38)35-25(17-34-27)19-3-5-20(6-4-19)29(39)37-14-9-21(10-15-37)36-12-1-2-13-36/h3-8,17,21H,1-2,9-16,18H2,(H,33,34). The van der Waals surface area contributed by atoms with E-state index in [-0.39, 0.29) is 23.0 Å². The Morgan fingerprint density at radius 1 is 0.974 bits per heavy atom. The number of hydrogen-bond donors (Lipinski definition) is 1. The van der Waals surface area contributed by atoms with Crippen molar-refractivity contribution >= 4 is 29.1 Å². The molecule has 0 aliphatic carbocycles. The molecule has 0 atom stereocenters. The predicted octanol–water partition coefficient (Wildman–Crippen LogP) is 5.21. The van der Waals surface area contributed by atoms with Crippen molar-refractivity contribution in [1.29, 1.82) is 0 Å². The summed E-state index contributed by atoms with van der Waals surface area (Å²) in [5, 5.41) is 2.99. The highest BCUT2D eigenvalue weighted by molar-refractivity contribution is 6.31. The van der Waals surface area contributed by atoms with Crippen LogP contribution in [0.2, 0.25) is 5.02 Å². The minimum absolute atomic E-state index is 0.0577. The van der Waals surface area contributed by atoms with Crippen molar-refractivity contribution < 1.29 is 13.6 Å². The van der Waals surface area contributed by atoms with E-state index in [4.69, 9.17) is 16.6 Å². The van der Waals surface area contributed by atoms with Crippen molar-refractivity contribution in [2.45, 2.75) is 38.3 Å². The number of likely N-dealkylation sites (tertiary alicyclic amines) is 2. The maximum absolute atomic E-state index is 14.5. The molecule has 10 heteroatoms.